The third-order valence-electron chi connectivity index (χ3n) is 2.75. The number of halogens is 3. The summed E-state index contributed by atoms with van der Waals surface area (Å²) in [5.74, 6) is 0. The second-order valence-electron chi connectivity index (χ2n) is 4.37. The molecule has 0 bridgehead atoms. The summed E-state index contributed by atoms with van der Waals surface area (Å²) in [6.07, 6.45) is -2.75. The number of hydrogen-bond donors (Lipinski definition) is 0. The van der Waals surface area contributed by atoms with Crippen LogP contribution in [0, 0.1) is 0 Å². The Hall–Kier alpha value is -2.04. The van der Waals surface area contributed by atoms with E-state index in [0.717, 1.165) is 17.8 Å². The predicted molar refractivity (Wildman–Crippen MR) is 69.0 cm³/mol. The summed E-state index contributed by atoms with van der Waals surface area (Å²) in [5.41, 5.74) is 1.21. The standard InChI is InChI=1S/C14H13F3N2/c1-19(2)12-6-7-18-13(9-12)10-4-3-5-11(8-10)14(15,16)17/h3-9H,1-2H3. The zero-order valence-corrected chi connectivity index (χ0v) is 10.6. The lowest BCUT2D eigenvalue weighted by atomic mass is 10.1. The number of rotatable bonds is 2. The fourth-order valence-electron chi connectivity index (χ4n) is 1.71. The van der Waals surface area contributed by atoms with Crippen molar-refractivity contribution in [2.24, 2.45) is 0 Å². The Kier molecular flexibility index (Phi) is 3.46. The van der Waals surface area contributed by atoms with Crippen molar-refractivity contribution in [2.45, 2.75) is 6.18 Å². The molecule has 1 aromatic carbocycles. The average Bonchev–Trinajstić information content (AvgIpc) is 2.38. The van der Waals surface area contributed by atoms with Crippen molar-refractivity contribution in [3.63, 3.8) is 0 Å². The van der Waals surface area contributed by atoms with Gasteiger partial charge >= 0.3 is 6.18 Å². The molecular weight excluding hydrogens is 253 g/mol. The maximum atomic E-state index is 12.7. The molecule has 0 radical (unpaired) electrons. The molecule has 2 aromatic rings. The third kappa shape index (κ3) is 3.05. The van der Waals surface area contributed by atoms with Gasteiger partial charge in [-0.2, -0.15) is 13.2 Å². The molecule has 0 fully saturated rings. The molecule has 0 saturated heterocycles. The van der Waals surface area contributed by atoms with Gasteiger partial charge in [0.25, 0.3) is 0 Å². The van der Waals surface area contributed by atoms with Gasteiger partial charge in [0.15, 0.2) is 0 Å². The van der Waals surface area contributed by atoms with Gasteiger partial charge in [-0.15, -0.1) is 0 Å². The highest BCUT2D eigenvalue weighted by Gasteiger charge is 2.30. The number of benzene rings is 1. The largest absolute Gasteiger partial charge is 0.416 e. The fraction of sp³-hybridized carbons (Fsp3) is 0.214. The van der Waals surface area contributed by atoms with Crippen LogP contribution in [0.15, 0.2) is 42.6 Å². The van der Waals surface area contributed by atoms with Crippen LogP contribution in [0.25, 0.3) is 11.3 Å². The van der Waals surface area contributed by atoms with Gasteiger partial charge in [0.1, 0.15) is 0 Å². The number of anilines is 1. The lowest BCUT2D eigenvalue weighted by Gasteiger charge is -2.13. The number of nitrogens with zero attached hydrogens (tertiary/aromatic N) is 2. The maximum absolute atomic E-state index is 12.7. The summed E-state index contributed by atoms with van der Waals surface area (Å²) in [4.78, 5) is 5.99. The van der Waals surface area contributed by atoms with Crippen molar-refractivity contribution in [1.82, 2.24) is 4.98 Å². The number of hydrogen-bond acceptors (Lipinski definition) is 2. The molecule has 5 heteroatoms. The number of aromatic nitrogens is 1. The highest BCUT2D eigenvalue weighted by Crippen LogP contribution is 2.32. The third-order valence-corrected chi connectivity index (χ3v) is 2.75. The van der Waals surface area contributed by atoms with Gasteiger partial charge in [-0.3, -0.25) is 4.98 Å². The lowest BCUT2D eigenvalue weighted by Crippen LogP contribution is -2.08. The Labute approximate surface area is 109 Å². The Balaban J connectivity index is 2.45. The number of alkyl halides is 3. The fourth-order valence-corrected chi connectivity index (χ4v) is 1.71. The molecule has 19 heavy (non-hydrogen) atoms. The minimum absolute atomic E-state index is 0.457. The molecule has 100 valence electrons. The lowest BCUT2D eigenvalue weighted by molar-refractivity contribution is -0.137. The molecule has 1 aromatic heterocycles. The summed E-state index contributed by atoms with van der Waals surface area (Å²) in [5, 5.41) is 0. The van der Waals surface area contributed by atoms with E-state index in [1.54, 1.807) is 24.4 Å². The molecule has 0 aliphatic heterocycles. The van der Waals surface area contributed by atoms with Crippen LogP contribution < -0.4 is 4.90 Å². The Morgan fingerprint density at radius 2 is 1.79 bits per heavy atom. The van der Waals surface area contributed by atoms with E-state index in [1.807, 2.05) is 19.0 Å². The van der Waals surface area contributed by atoms with Crippen LogP contribution in [0.2, 0.25) is 0 Å². The van der Waals surface area contributed by atoms with E-state index in [-0.39, 0.29) is 0 Å². The minimum Gasteiger partial charge on any atom is -0.378 e. The summed E-state index contributed by atoms with van der Waals surface area (Å²) >= 11 is 0. The first kappa shape index (κ1) is 13.4. The molecule has 1 heterocycles. The van der Waals surface area contributed by atoms with E-state index in [1.165, 1.54) is 6.07 Å². The molecule has 0 amide bonds. The summed E-state index contributed by atoms with van der Waals surface area (Å²) in [7, 11) is 3.73. The van der Waals surface area contributed by atoms with E-state index in [9.17, 15) is 13.2 Å². The molecule has 2 rings (SSSR count). The zero-order chi connectivity index (χ0) is 14.0. The second-order valence-corrected chi connectivity index (χ2v) is 4.37. The van der Waals surface area contributed by atoms with Gasteiger partial charge < -0.3 is 4.90 Å². The second kappa shape index (κ2) is 4.91. The van der Waals surface area contributed by atoms with Crippen LogP contribution in [0.4, 0.5) is 18.9 Å². The zero-order valence-electron chi connectivity index (χ0n) is 10.6. The van der Waals surface area contributed by atoms with Crippen LogP contribution in [0.5, 0.6) is 0 Å². The summed E-state index contributed by atoms with van der Waals surface area (Å²) in [6, 6.07) is 8.74. The topological polar surface area (TPSA) is 16.1 Å². The Morgan fingerprint density at radius 1 is 1.05 bits per heavy atom. The summed E-state index contributed by atoms with van der Waals surface area (Å²) in [6.45, 7) is 0. The molecule has 0 spiro atoms. The average molecular weight is 266 g/mol. The molecule has 0 unspecified atom stereocenters. The van der Waals surface area contributed by atoms with Crippen molar-refractivity contribution in [3.05, 3.63) is 48.2 Å². The Bertz CT molecular complexity index is 577. The van der Waals surface area contributed by atoms with Gasteiger partial charge in [0, 0.05) is 31.5 Å². The van der Waals surface area contributed by atoms with Crippen molar-refractivity contribution in [3.8, 4) is 11.3 Å². The highest BCUT2D eigenvalue weighted by molar-refractivity contribution is 5.65. The molecule has 0 N–H and O–H groups in total. The van der Waals surface area contributed by atoms with E-state index < -0.39 is 11.7 Å². The number of pyridine rings is 1. The monoisotopic (exact) mass is 266 g/mol. The van der Waals surface area contributed by atoms with Crippen LogP contribution in [-0.2, 0) is 6.18 Å². The van der Waals surface area contributed by atoms with Crippen LogP contribution in [-0.4, -0.2) is 19.1 Å². The first-order valence-corrected chi connectivity index (χ1v) is 5.69. The predicted octanol–water partition coefficient (Wildman–Crippen LogP) is 3.83. The maximum Gasteiger partial charge on any atom is 0.416 e. The molecule has 0 aliphatic carbocycles. The van der Waals surface area contributed by atoms with Gasteiger partial charge in [0.05, 0.1) is 11.3 Å². The molecule has 0 atom stereocenters. The summed E-state index contributed by atoms with van der Waals surface area (Å²) < 4.78 is 38.0. The quantitative estimate of drug-likeness (QED) is 0.821. The van der Waals surface area contributed by atoms with Crippen molar-refractivity contribution < 1.29 is 13.2 Å². The van der Waals surface area contributed by atoms with Gasteiger partial charge in [0.2, 0.25) is 0 Å². The van der Waals surface area contributed by atoms with E-state index in [4.69, 9.17) is 0 Å². The normalized spacial score (nSPS) is 11.4. The highest BCUT2D eigenvalue weighted by atomic mass is 19.4. The van der Waals surface area contributed by atoms with Crippen LogP contribution in [0.1, 0.15) is 5.56 Å². The molecular formula is C14H13F3N2. The Morgan fingerprint density at radius 3 is 2.42 bits per heavy atom. The SMILES string of the molecule is CN(C)c1ccnc(-c2cccc(C(F)(F)F)c2)c1. The minimum atomic E-state index is -4.34. The van der Waals surface area contributed by atoms with Crippen molar-refractivity contribution in [1.29, 1.82) is 0 Å². The van der Waals surface area contributed by atoms with Crippen LogP contribution >= 0.6 is 0 Å². The van der Waals surface area contributed by atoms with Gasteiger partial charge in [-0.25, -0.2) is 0 Å². The van der Waals surface area contributed by atoms with Crippen molar-refractivity contribution in [2.75, 3.05) is 19.0 Å². The molecule has 0 aliphatic rings. The van der Waals surface area contributed by atoms with Gasteiger partial charge in [-0.1, -0.05) is 12.1 Å². The van der Waals surface area contributed by atoms with E-state index >= 15 is 0 Å². The van der Waals surface area contributed by atoms with Crippen molar-refractivity contribution >= 4 is 5.69 Å². The van der Waals surface area contributed by atoms with Crippen LogP contribution in [0.3, 0.4) is 0 Å². The van der Waals surface area contributed by atoms with E-state index in [2.05, 4.69) is 4.98 Å². The first-order chi connectivity index (χ1) is 8.88. The molecule has 0 saturated carbocycles. The van der Waals surface area contributed by atoms with E-state index in [0.29, 0.717) is 11.3 Å². The smallest absolute Gasteiger partial charge is 0.378 e. The molecule has 2 nitrogen and oxygen atoms in total. The van der Waals surface area contributed by atoms with Gasteiger partial charge in [-0.05, 0) is 24.3 Å². The first-order valence-electron chi connectivity index (χ1n) is 5.69.